The highest BCUT2D eigenvalue weighted by Gasteiger charge is 2.28. The van der Waals surface area contributed by atoms with Crippen LogP contribution in [0.25, 0.3) is 16.8 Å². The second kappa shape index (κ2) is 10.8. The summed E-state index contributed by atoms with van der Waals surface area (Å²) >= 11 is 0. The number of carbonyl (C=O) groups is 1. The minimum Gasteiger partial charge on any atom is -0.492 e. The first-order chi connectivity index (χ1) is 16.5. The standard InChI is InChI=1S/C25H27N3O5S/c29-25(26-30)12-11-20-5-3-8-22(19-20)34(31,32)28-15-13-27(14-16-28)17-18-33-24-10-4-7-21-6-1-2-9-23(21)24/h1-12,19,30H,13-18H2,(H,26,29). The van der Waals surface area contributed by atoms with E-state index in [9.17, 15) is 13.2 Å². The van der Waals surface area contributed by atoms with Crippen LogP contribution in [0.1, 0.15) is 5.56 Å². The Morgan fingerprint density at radius 2 is 1.74 bits per heavy atom. The van der Waals surface area contributed by atoms with Crippen molar-refractivity contribution >= 4 is 32.8 Å². The number of sulfonamides is 1. The van der Waals surface area contributed by atoms with Gasteiger partial charge in [-0.05, 0) is 35.2 Å². The Bertz CT molecular complexity index is 1280. The average molecular weight is 482 g/mol. The summed E-state index contributed by atoms with van der Waals surface area (Å²) in [6.45, 7) is 3.26. The van der Waals surface area contributed by atoms with Crippen LogP contribution in [0.2, 0.25) is 0 Å². The summed E-state index contributed by atoms with van der Waals surface area (Å²) in [5.41, 5.74) is 2.05. The molecule has 8 nitrogen and oxygen atoms in total. The maximum absolute atomic E-state index is 13.1. The van der Waals surface area contributed by atoms with Crippen molar-refractivity contribution in [1.29, 1.82) is 0 Å². The van der Waals surface area contributed by atoms with Crippen molar-refractivity contribution in [3.05, 3.63) is 78.4 Å². The highest BCUT2D eigenvalue weighted by molar-refractivity contribution is 7.89. The molecule has 1 aliphatic rings. The van der Waals surface area contributed by atoms with Gasteiger partial charge in [0.05, 0.1) is 4.90 Å². The fourth-order valence-corrected chi connectivity index (χ4v) is 5.41. The van der Waals surface area contributed by atoms with Crippen LogP contribution in [0.3, 0.4) is 0 Å². The van der Waals surface area contributed by atoms with Crippen molar-refractivity contribution in [3.63, 3.8) is 0 Å². The van der Waals surface area contributed by atoms with Gasteiger partial charge in [-0.25, -0.2) is 13.9 Å². The van der Waals surface area contributed by atoms with Crippen LogP contribution in [-0.4, -0.2) is 68.1 Å². The normalized spacial score (nSPS) is 15.6. The molecule has 0 spiro atoms. The molecule has 2 N–H and O–H groups in total. The number of piperazine rings is 1. The molecule has 0 unspecified atom stereocenters. The van der Waals surface area contributed by atoms with Crippen molar-refractivity contribution in [2.75, 3.05) is 39.3 Å². The van der Waals surface area contributed by atoms with E-state index in [0.717, 1.165) is 22.6 Å². The third-order valence-electron chi connectivity index (χ3n) is 5.78. The van der Waals surface area contributed by atoms with E-state index in [1.807, 2.05) is 30.3 Å². The lowest BCUT2D eigenvalue weighted by Crippen LogP contribution is -2.49. The molecule has 0 bridgehead atoms. The molecule has 178 valence electrons. The Kier molecular flexibility index (Phi) is 7.59. The van der Waals surface area contributed by atoms with E-state index >= 15 is 0 Å². The summed E-state index contributed by atoms with van der Waals surface area (Å²) in [6.07, 6.45) is 2.57. The molecule has 1 fully saturated rings. The second-order valence-corrected chi connectivity index (χ2v) is 9.89. The molecule has 0 radical (unpaired) electrons. The fourth-order valence-electron chi connectivity index (χ4n) is 3.94. The molecule has 1 aliphatic heterocycles. The zero-order chi connectivity index (χ0) is 24.0. The van der Waals surface area contributed by atoms with Gasteiger partial charge >= 0.3 is 0 Å². The lowest BCUT2D eigenvalue weighted by Gasteiger charge is -2.33. The molecule has 3 aromatic carbocycles. The van der Waals surface area contributed by atoms with Gasteiger partial charge in [-0.3, -0.25) is 14.9 Å². The number of nitrogens with zero attached hydrogens (tertiary/aromatic N) is 2. The third-order valence-corrected chi connectivity index (χ3v) is 7.67. The number of rotatable bonds is 8. The number of fused-ring (bicyclic) bond motifs is 1. The summed E-state index contributed by atoms with van der Waals surface area (Å²) in [6, 6.07) is 20.5. The molecule has 1 amide bonds. The topological polar surface area (TPSA) is 99.2 Å². The SMILES string of the molecule is O=C(C=Cc1cccc(S(=O)(=O)N2CCN(CCOc3cccc4ccccc34)CC2)c1)NO. The fraction of sp³-hybridized carbons (Fsp3) is 0.240. The smallest absolute Gasteiger partial charge is 0.267 e. The van der Waals surface area contributed by atoms with Crippen molar-refractivity contribution in [1.82, 2.24) is 14.7 Å². The predicted octanol–water partition coefficient (Wildman–Crippen LogP) is 2.74. The number of amides is 1. The van der Waals surface area contributed by atoms with Crippen LogP contribution in [0.15, 0.2) is 77.7 Å². The van der Waals surface area contributed by atoms with Gasteiger partial charge in [0.25, 0.3) is 5.91 Å². The minimum absolute atomic E-state index is 0.173. The monoisotopic (exact) mass is 481 g/mol. The lowest BCUT2D eigenvalue weighted by atomic mass is 10.1. The Morgan fingerprint density at radius 1 is 1.00 bits per heavy atom. The molecule has 1 heterocycles. The summed E-state index contributed by atoms with van der Waals surface area (Å²) in [5.74, 6) is 0.165. The molecule has 1 saturated heterocycles. The molecule has 4 rings (SSSR count). The molecule has 0 aromatic heterocycles. The molecular weight excluding hydrogens is 454 g/mol. The quantitative estimate of drug-likeness (QED) is 0.292. The first-order valence-electron chi connectivity index (χ1n) is 11.0. The predicted molar refractivity (Wildman–Crippen MR) is 130 cm³/mol. The molecule has 9 heteroatoms. The number of benzene rings is 3. The number of hydroxylamine groups is 1. The van der Waals surface area contributed by atoms with Crippen LogP contribution in [0, 0.1) is 0 Å². The van der Waals surface area contributed by atoms with Gasteiger partial charge in [0.2, 0.25) is 10.0 Å². The third kappa shape index (κ3) is 5.63. The van der Waals surface area contributed by atoms with E-state index in [2.05, 4.69) is 17.0 Å². The van der Waals surface area contributed by atoms with Crippen molar-refractivity contribution in [3.8, 4) is 5.75 Å². The highest BCUT2D eigenvalue weighted by Crippen LogP contribution is 2.25. The molecule has 0 atom stereocenters. The summed E-state index contributed by atoms with van der Waals surface area (Å²) in [4.78, 5) is 13.5. The number of carbonyl (C=O) groups excluding carboxylic acids is 1. The van der Waals surface area contributed by atoms with E-state index in [1.165, 1.54) is 21.9 Å². The number of nitrogens with one attached hydrogen (secondary N) is 1. The Hall–Kier alpha value is -3.24. The van der Waals surface area contributed by atoms with E-state index in [-0.39, 0.29) is 4.90 Å². The van der Waals surface area contributed by atoms with Crippen LogP contribution < -0.4 is 10.2 Å². The van der Waals surface area contributed by atoms with Gasteiger partial charge in [-0.1, -0.05) is 48.5 Å². The van der Waals surface area contributed by atoms with E-state index in [0.29, 0.717) is 44.9 Å². The summed E-state index contributed by atoms with van der Waals surface area (Å²) in [7, 11) is -3.65. The molecule has 0 saturated carbocycles. The zero-order valence-corrected chi connectivity index (χ0v) is 19.4. The van der Waals surface area contributed by atoms with Crippen LogP contribution in [-0.2, 0) is 14.8 Å². The van der Waals surface area contributed by atoms with Crippen LogP contribution >= 0.6 is 0 Å². The Labute approximate surface area is 199 Å². The van der Waals surface area contributed by atoms with Gasteiger partial charge in [0.15, 0.2) is 0 Å². The van der Waals surface area contributed by atoms with Gasteiger partial charge in [-0.15, -0.1) is 0 Å². The zero-order valence-electron chi connectivity index (χ0n) is 18.6. The Morgan fingerprint density at radius 3 is 2.53 bits per heavy atom. The molecule has 3 aromatic rings. The van der Waals surface area contributed by atoms with Crippen LogP contribution in [0.4, 0.5) is 0 Å². The Balaban J connectivity index is 1.31. The molecule has 0 aliphatic carbocycles. The van der Waals surface area contributed by atoms with E-state index < -0.39 is 15.9 Å². The number of ether oxygens (including phenoxy) is 1. The first kappa shape index (κ1) is 23.9. The average Bonchev–Trinajstić information content (AvgIpc) is 2.88. The van der Waals surface area contributed by atoms with Gasteiger partial charge in [0.1, 0.15) is 12.4 Å². The minimum atomic E-state index is -3.65. The first-order valence-corrected chi connectivity index (χ1v) is 12.5. The van der Waals surface area contributed by atoms with Crippen LogP contribution in [0.5, 0.6) is 5.75 Å². The highest BCUT2D eigenvalue weighted by atomic mass is 32.2. The second-order valence-electron chi connectivity index (χ2n) is 7.95. The maximum atomic E-state index is 13.1. The van der Waals surface area contributed by atoms with Gasteiger partial charge < -0.3 is 4.74 Å². The summed E-state index contributed by atoms with van der Waals surface area (Å²) < 4.78 is 33.7. The van der Waals surface area contributed by atoms with Crippen molar-refractivity contribution in [2.24, 2.45) is 0 Å². The maximum Gasteiger partial charge on any atom is 0.267 e. The lowest BCUT2D eigenvalue weighted by molar-refractivity contribution is -0.124. The van der Waals surface area contributed by atoms with Gasteiger partial charge in [0, 0.05) is 44.2 Å². The van der Waals surface area contributed by atoms with Gasteiger partial charge in [-0.2, -0.15) is 4.31 Å². The van der Waals surface area contributed by atoms with E-state index in [1.54, 1.807) is 18.2 Å². The number of hydrogen-bond acceptors (Lipinski definition) is 6. The summed E-state index contributed by atoms with van der Waals surface area (Å²) in [5, 5.41) is 10.8. The van der Waals surface area contributed by atoms with E-state index in [4.69, 9.17) is 9.94 Å². The van der Waals surface area contributed by atoms with Crippen molar-refractivity contribution < 1.29 is 23.2 Å². The largest absolute Gasteiger partial charge is 0.492 e. The number of hydrogen-bond donors (Lipinski definition) is 2. The molecule has 34 heavy (non-hydrogen) atoms. The molecular formula is C25H27N3O5S. The van der Waals surface area contributed by atoms with Crippen molar-refractivity contribution in [2.45, 2.75) is 4.90 Å².